The average molecular weight is 266 g/mol. The van der Waals surface area contributed by atoms with Gasteiger partial charge in [-0.05, 0) is 25.7 Å². The van der Waals surface area contributed by atoms with Crippen molar-refractivity contribution < 1.29 is 18.3 Å². The minimum Gasteiger partial charge on any atom is -0.384 e. The monoisotopic (exact) mass is 266 g/mol. The first-order valence-corrected chi connectivity index (χ1v) is 6.14. The summed E-state index contributed by atoms with van der Waals surface area (Å²) in [6.45, 7) is 0. The number of nitrogens with zero attached hydrogens (tertiary/aromatic N) is 1. The lowest BCUT2D eigenvalue weighted by Crippen LogP contribution is -2.35. The van der Waals surface area contributed by atoms with Crippen molar-refractivity contribution in [3.05, 3.63) is 11.1 Å². The molecule has 0 radical (unpaired) electrons. The number of rotatable bonds is 1. The summed E-state index contributed by atoms with van der Waals surface area (Å²) in [6.07, 6.45) is -2.57. The predicted octanol–water partition coefficient (Wildman–Crippen LogP) is 2.67. The first-order valence-electron chi connectivity index (χ1n) is 5.32. The van der Waals surface area contributed by atoms with E-state index in [0.717, 1.165) is 11.3 Å². The lowest BCUT2D eigenvalue weighted by Gasteiger charge is -2.35. The standard InChI is InChI=1S/C10H13F3N2OS/c11-10(12,13)6-1-3-9(16,4-2-6)7-5-15-8(14)17-7/h5-6,16H,1-4H2,(H2,14,15). The number of alkyl halides is 3. The number of halogens is 3. The van der Waals surface area contributed by atoms with Crippen LogP contribution in [-0.4, -0.2) is 16.3 Å². The SMILES string of the molecule is Nc1ncc(C2(O)CCC(C(F)(F)F)CC2)s1. The van der Waals surface area contributed by atoms with E-state index in [2.05, 4.69) is 4.98 Å². The van der Waals surface area contributed by atoms with Crippen LogP contribution in [0.3, 0.4) is 0 Å². The zero-order chi connectivity index (χ0) is 12.7. The van der Waals surface area contributed by atoms with Crippen molar-refractivity contribution in [2.45, 2.75) is 37.5 Å². The van der Waals surface area contributed by atoms with Gasteiger partial charge in [-0.25, -0.2) is 4.98 Å². The molecule has 17 heavy (non-hydrogen) atoms. The van der Waals surface area contributed by atoms with Gasteiger partial charge in [0.25, 0.3) is 0 Å². The van der Waals surface area contributed by atoms with Crippen molar-refractivity contribution in [2.24, 2.45) is 5.92 Å². The third kappa shape index (κ3) is 2.55. The zero-order valence-electron chi connectivity index (χ0n) is 9.00. The maximum Gasteiger partial charge on any atom is 0.391 e. The highest BCUT2D eigenvalue weighted by molar-refractivity contribution is 7.15. The van der Waals surface area contributed by atoms with E-state index in [-0.39, 0.29) is 25.7 Å². The lowest BCUT2D eigenvalue weighted by atomic mass is 9.78. The van der Waals surface area contributed by atoms with Crippen molar-refractivity contribution in [2.75, 3.05) is 5.73 Å². The van der Waals surface area contributed by atoms with Crippen LogP contribution >= 0.6 is 11.3 Å². The minimum absolute atomic E-state index is 0.0438. The Bertz CT molecular complexity index is 397. The van der Waals surface area contributed by atoms with Gasteiger partial charge in [0.2, 0.25) is 0 Å². The molecule has 3 nitrogen and oxygen atoms in total. The van der Waals surface area contributed by atoms with Crippen LogP contribution in [0.25, 0.3) is 0 Å². The summed E-state index contributed by atoms with van der Waals surface area (Å²) in [7, 11) is 0. The molecule has 0 amide bonds. The van der Waals surface area contributed by atoms with Crippen molar-refractivity contribution in [3.8, 4) is 0 Å². The molecule has 1 fully saturated rings. The third-order valence-electron chi connectivity index (χ3n) is 3.26. The number of hydrogen-bond acceptors (Lipinski definition) is 4. The van der Waals surface area contributed by atoms with E-state index in [9.17, 15) is 18.3 Å². The van der Waals surface area contributed by atoms with Crippen LogP contribution in [0.4, 0.5) is 18.3 Å². The molecule has 0 aromatic carbocycles. The van der Waals surface area contributed by atoms with Gasteiger partial charge in [0.1, 0.15) is 5.60 Å². The summed E-state index contributed by atoms with van der Waals surface area (Å²) in [5, 5.41) is 10.6. The Morgan fingerprint density at radius 2 is 2.00 bits per heavy atom. The van der Waals surface area contributed by atoms with E-state index in [1.165, 1.54) is 6.20 Å². The van der Waals surface area contributed by atoms with Gasteiger partial charge in [-0.1, -0.05) is 11.3 Å². The summed E-state index contributed by atoms with van der Waals surface area (Å²) < 4.78 is 37.5. The minimum atomic E-state index is -4.16. The second kappa shape index (κ2) is 4.13. The molecular formula is C10H13F3N2OS. The molecule has 96 valence electrons. The van der Waals surface area contributed by atoms with Crippen LogP contribution in [-0.2, 0) is 5.60 Å². The van der Waals surface area contributed by atoms with Crippen LogP contribution in [0.2, 0.25) is 0 Å². The van der Waals surface area contributed by atoms with Gasteiger partial charge in [-0.15, -0.1) is 0 Å². The molecular weight excluding hydrogens is 253 g/mol. The molecule has 1 aromatic heterocycles. The molecule has 0 saturated heterocycles. The molecule has 2 rings (SSSR count). The Kier molecular flexibility index (Phi) is 3.07. The molecule has 3 N–H and O–H groups in total. The molecule has 1 aliphatic carbocycles. The molecule has 0 bridgehead atoms. The first-order chi connectivity index (χ1) is 7.81. The number of nitrogens with two attached hydrogens (primary N) is 1. The Morgan fingerprint density at radius 3 is 2.41 bits per heavy atom. The van der Waals surface area contributed by atoms with E-state index < -0.39 is 17.7 Å². The number of aromatic nitrogens is 1. The van der Waals surface area contributed by atoms with E-state index in [1.54, 1.807) is 0 Å². The number of hydrogen-bond donors (Lipinski definition) is 2. The van der Waals surface area contributed by atoms with Gasteiger partial charge in [-0.2, -0.15) is 13.2 Å². The Hall–Kier alpha value is -0.820. The number of nitrogen functional groups attached to an aromatic ring is 1. The fraction of sp³-hybridized carbons (Fsp3) is 0.700. The largest absolute Gasteiger partial charge is 0.391 e. The number of thiazole rings is 1. The van der Waals surface area contributed by atoms with Gasteiger partial charge in [0, 0.05) is 6.20 Å². The van der Waals surface area contributed by atoms with Gasteiger partial charge in [-0.3, -0.25) is 0 Å². The van der Waals surface area contributed by atoms with Crippen molar-refractivity contribution in [1.82, 2.24) is 4.98 Å². The summed E-state index contributed by atoms with van der Waals surface area (Å²) in [5.41, 5.74) is 4.27. The van der Waals surface area contributed by atoms with Crippen LogP contribution < -0.4 is 5.73 Å². The average Bonchev–Trinajstić information content (AvgIpc) is 2.65. The third-order valence-corrected chi connectivity index (χ3v) is 4.28. The van der Waals surface area contributed by atoms with Gasteiger partial charge in [0.15, 0.2) is 5.13 Å². The normalized spacial score (nSPS) is 30.5. The summed E-state index contributed by atoms with van der Waals surface area (Å²) in [6, 6.07) is 0. The smallest absolute Gasteiger partial charge is 0.384 e. The van der Waals surface area contributed by atoms with Crippen LogP contribution in [0.5, 0.6) is 0 Å². The quantitative estimate of drug-likeness (QED) is 0.821. The van der Waals surface area contributed by atoms with E-state index in [0.29, 0.717) is 10.0 Å². The summed E-state index contributed by atoms with van der Waals surface area (Å²) in [5.74, 6) is -1.30. The molecule has 0 spiro atoms. The van der Waals surface area contributed by atoms with Crippen molar-refractivity contribution in [1.29, 1.82) is 0 Å². The fourth-order valence-corrected chi connectivity index (χ4v) is 3.00. The van der Waals surface area contributed by atoms with Crippen molar-refractivity contribution >= 4 is 16.5 Å². The van der Waals surface area contributed by atoms with E-state index in [1.807, 2.05) is 0 Å². The highest BCUT2D eigenvalue weighted by Gasteiger charge is 2.46. The van der Waals surface area contributed by atoms with Gasteiger partial charge < -0.3 is 10.8 Å². The van der Waals surface area contributed by atoms with Crippen molar-refractivity contribution in [3.63, 3.8) is 0 Å². The van der Waals surface area contributed by atoms with Crippen LogP contribution in [0, 0.1) is 5.92 Å². The van der Waals surface area contributed by atoms with E-state index >= 15 is 0 Å². The predicted molar refractivity (Wildman–Crippen MR) is 58.4 cm³/mol. The van der Waals surface area contributed by atoms with Crippen LogP contribution in [0.1, 0.15) is 30.6 Å². The maximum atomic E-state index is 12.5. The molecule has 1 aliphatic rings. The Labute approximate surface area is 100 Å². The maximum absolute atomic E-state index is 12.5. The Balaban J connectivity index is 2.07. The summed E-state index contributed by atoms with van der Waals surface area (Å²) >= 11 is 1.14. The number of anilines is 1. The molecule has 1 heterocycles. The fourth-order valence-electron chi connectivity index (χ4n) is 2.17. The molecule has 0 atom stereocenters. The molecule has 0 unspecified atom stereocenters. The second-order valence-electron chi connectivity index (χ2n) is 4.41. The lowest BCUT2D eigenvalue weighted by molar-refractivity contribution is -0.192. The molecule has 1 aromatic rings. The highest BCUT2D eigenvalue weighted by atomic mass is 32.1. The Morgan fingerprint density at radius 1 is 1.41 bits per heavy atom. The molecule has 7 heteroatoms. The topological polar surface area (TPSA) is 59.1 Å². The number of aliphatic hydroxyl groups is 1. The zero-order valence-corrected chi connectivity index (χ0v) is 9.81. The first kappa shape index (κ1) is 12.6. The van der Waals surface area contributed by atoms with E-state index in [4.69, 9.17) is 5.73 Å². The van der Waals surface area contributed by atoms with Gasteiger partial charge >= 0.3 is 6.18 Å². The van der Waals surface area contributed by atoms with Gasteiger partial charge in [0.05, 0.1) is 10.8 Å². The molecule has 0 aliphatic heterocycles. The summed E-state index contributed by atoms with van der Waals surface area (Å²) in [4.78, 5) is 4.38. The second-order valence-corrected chi connectivity index (χ2v) is 5.47. The highest BCUT2D eigenvalue weighted by Crippen LogP contribution is 2.46. The van der Waals surface area contributed by atoms with Crippen LogP contribution in [0.15, 0.2) is 6.20 Å². The molecule has 1 saturated carbocycles.